The Morgan fingerprint density at radius 3 is 2.35 bits per heavy atom. The van der Waals surface area contributed by atoms with Crippen molar-refractivity contribution < 1.29 is 9.53 Å². The maximum atomic E-state index is 11.0. The molecule has 0 saturated heterocycles. The molecule has 2 heteroatoms. The summed E-state index contributed by atoms with van der Waals surface area (Å²) >= 11 is 0. The summed E-state index contributed by atoms with van der Waals surface area (Å²) in [5, 5.41) is 0. The molecule has 0 aliphatic heterocycles. The number of hydrogen-bond acceptors (Lipinski definition) is 2. The molecule has 2 aromatic carbocycles. The maximum absolute atomic E-state index is 11.0. The minimum Gasteiger partial charge on any atom is -0.426 e. The smallest absolute Gasteiger partial charge is 0.308 e. The Balaban J connectivity index is 2.23. The molecule has 2 nitrogen and oxygen atoms in total. The zero-order valence-electron chi connectivity index (χ0n) is 9.72. The van der Waals surface area contributed by atoms with Crippen LogP contribution in [0.25, 0.3) is 0 Å². The fourth-order valence-corrected chi connectivity index (χ4v) is 1.72. The number of ether oxygens (including phenoxy) is 1. The van der Waals surface area contributed by atoms with Crippen LogP contribution in [0.4, 0.5) is 0 Å². The van der Waals surface area contributed by atoms with E-state index in [2.05, 4.69) is 12.1 Å². The maximum Gasteiger partial charge on any atom is 0.308 e. The summed E-state index contributed by atoms with van der Waals surface area (Å²) in [4.78, 5) is 11.0. The van der Waals surface area contributed by atoms with Crippen molar-refractivity contribution in [1.29, 1.82) is 0 Å². The molecule has 0 amide bonds. The van der Waals surface area contributed by atoms with Crippen LogP contribution in [0.5, 0.6) is 5.75 Å². The fraction of sp³-hybridized carbons (Fsp3) is 0.133. The molecule has 0 heterocycles. The third-order valence-corrected chi connectivity index (χ3v) is 2.46. The van der Waals surface area contributed by atoms with Crippen molar-refractivity contribution in [2.24, 2.45) is 0 Å². The van der Waals surface area contributed by atoms with Crippen molar-refractivity contribution in [2.75, 3.05) is 0 Å². The van der Waals surface area contributed by atoms with Crippen molar-refractivity contribution in [3.63, 3.8) is 0 Å². The molecule has 0 bridgehead atoms. The topological polar surface area (TPSA) is 26.3 Å². The third kappa shape index (κ3) is 3.18. The Morgan fingerprint density at radius 2 is 1.65 bits per heavy atom. The monoisotopic (exact) mass is 226 g/mol. The van der Waals surface area contributed by atoms with E-state index < -0.39 is 0 Å². The lowest BCUT2D eigenvalue weighted by atomic mass is 10.0. The normalized spacial score (nSPS) is 9.94. The van der Waals surface area contributed by atoms with E-state index in [9.17, 15) is 4.79 Å². The largest absolute Gasteiger partial charge is 0.426 e. The number of para-hydroxylation sites is 1. The Morgan fingerprint density at radius 1 is 1.00 bits per heavy atom. The van der Waals surface area contributed by atoms with Gasteiger partial charge in [-0.05, 0) is 17.2 Å². The van der Waals surface area contributed by atoms with Gasteiger partial charge in [-0.3, -0.25) is 4.79 Å². The van der Waals surface area contributed by atoms with Crippen LogP contribution in [0.15, 0.2) is 54.6 Å². The van der Waals surface area contributed by atoms with Crippen LogP contribution in [-0.2, 0) is 11.2 Å². The molecule has 0 aliphatic carbocycles. The standard InChI is InChI=1S/C15H14O2/c1-12(16)17-15-10-6-5-9-14(15)11-13-7-3-2-4-8-13/h2-10H,11H2,1H3. The van der Waals surface area contributed by atoms with Gasteiger partial charge in [0.15, 0.2) is 0 Å². The van der Waals surface area contributed by atoms with E-state index in [0.717, 1.165) is 12.0 Å². The summed E-state index contributed by atoms with van der Waals surface area (Å²) in [5.74, 6) is 0.356. The molecule has 0 aliphatic rings. The lowest BCUT2D eigenvalue weighted by molar-refractivity contribution is -0.131. The average molecular weight is 226 g/mol. The van der Waals surface area contributed by atoms with Gasteiger partial charge >= 0.3 is 5.97 Å². The number of carbonyl (C=O) groups is 1. The lowest BCUT2D eigenvalue weighted by Gasteiger charge is -2.08. The first kappa shape index (κ1) is 11.4. The molecule has 0 atom stereocenters. The van der Waals surface area contributed by atoms with Crippen LogP contribution in [0.3, 0.4) is 0 Å². The number of carbonyl (C=O) groups excluding carboxylic acids is 1. The van der Waals surface area contributed by atoms with Crippen LogP contribution >= 0.6 is 0 Å². The number of hydrogen-bond donors (Lipinski definition) is 0. The number of benzene rings is 2. The lowest BCUT2D eigenvalue weighted by Crippen LogP contribution is -2.04. The van der Waals surface area contributed by atoms with Gasteiger partial charge in [-0.15, -0.1) is 0 Å². The number of esters is 1. The van der Waals surface area contributed by atoms with Gasteiger partial charge in [-0.1, -0.05) is 48.5 Å². The molecular weight excluding hydrogens is 212 g/mol. The molecule has 2 rings (SSSR count). The highest BCUT2D eigenvalue weighted by molar-refractivity contribution is 5.69. The summed E-state index contributed by atoms with van der Waals surface area (Å²) in [5.41, 5.74) is 2.22. The van der Waals surface area contributed by atoms with Crippen LogP contribution < -0.4 is 4.74 Å². The predicted octanol–water partition coefficient (Wildman–Crippen LogP) is 3.20. The van der Waals surface area contributed by atoms with Crippen LogP contribution in [0.2, 0.25) is 0 Å². The SMILES string of the molecule is CC(=O)Oc1ccccc1Cc1ccccc1. The fourth-order valence-electron chi connectivity index (χ4n) is 1.72. The van der Waals surface area contributed by atoms with Gasteiger partial charge in [-0.25, -0.2) is 0 Å². The molecule has 0 unspecified atom stereocenters. The molecule has 0 spiro atoms. The highest BCUT2D eigenvalue weighted by Crippen LogP contribution is 2.21. The van der Waals surface area contributed by atoms with Crippen LogP contribution in [-0.4, -0.2) is 5.97 Å². The first-order chi connectivity index (χ1) is 8.25. The van der Waals surface area contributed by atoms with Gasteiger partial charge in [0.25, 0.3) is 0 Å². The van der Waals surface area contributed by atoms with Gasteiger partial charge in [0.05, 0.1) is 0 Å². The van der Waals surface area contributed by atoms with E-state index in [-0.39, 0.29) is 5.97 Å². The minimum atomic E-state index is -0.287. The Labute approximate surface area is 101 Å². The van der Waals surface area contributed by atoms with E-state index in [4.69, 9.17) is 4.74 Å². The minimum absolute atomic E-state index is 0.287. The van der Waals surface area contributed by atoms with Gasteiger partial charge in [0.1, 0.15) is 5.75 Å². The highest BCUT2D eigenvalue weighted by atomic mass is 16.5. The summed E-state index contributed by atoms with van der Waals surface area (Å²) in [6.45, 7) is 1.42. The Kier molecular flexibility index (Phi) is 3.55. The van der Waals surface area contributed by atoms with Crippen LogP contribution in [0.1, 0.15) is 18.1 Å². The summed E-state index contributed by atoms with van der Waals surface area (Å²) < 4.78 is 5.18. The summed E-state index contributed by atoms with van der Waals surface area (Å²) in [6.07, 6.45) is 0.768. The molecule has 0 N–H and O–H groups in total. The van der Waals surface area contributed by atoms with E-state index in [0.29, 0.717) is 5.75 Å². The van der Waals surface area contributed by atoms with Crippen molar-refractivity contribution in [3.8, 4) is 5.75 Å². The average Bonchev–Trinajstić information content (AvgIpc) is 2.32. The van der Waals surface area contributed by atoms with E-state index >= 15 is 0 Å². The predicted molar refractivity (Wildman–Crippen MR) is 67.0 cm³/mol. The molecule has 0 radical (unpaired) electrons. The van der Waals surface area contributed by atoms with E-state index in [1.807, 2.05) is 42.5 Å². The van der Waals surface area contributed by atoms with Crippen molar-refractivity contribution in [3.05, 3.63) is 65.7 Å². The van der Waals surface area contributed by atoms with E-state index in [1.54, 1.807) is 0 Å². The Hall–Kier alpha value is -2.09. The quantitative estimate of drug-likeness (QED) is 0.593. The molecule has 0 fully saturated rings. The first-order valence-corrected chi connectivity index (χ1v) is 5.56. The van der Waals surface area contributed by atoms with E-state index in [1.165, 1.54) is 12.5 Å². The van der Waals surface area contributed by atoms with Gasteiger partial charge in [0, 0.05) is 13.3 Å². The second-order valence-electron chi connectivity index (χ2n) is 3.86. The first-order valence-electron chi connectivity index (χ1n) is 5.56. The molecule has 0 aromatic heterocycles. The molecule has 0 saturated carbocycles. The van der Waals surface area contributed by atoms with Gasteiger partial charge < -0.3 is 4.74 Å². The molecule has 2 aromatic rings. The third-order valence-electron chi connectivity index (χ3n) is 2.46. The second kappa shape index (κ2) is 5.30. The van der Waals surface area contributed by atoms with Crippen molar-refractivity contribution in [1.82, 2.24) is 0 Å². The van der Waals surface area contributed by atoms with Crippen molar-refractivity contribution in [2.45, 2.75) is 13.3 Å². The van der Waals surface area contributed by atoms with Crippen LogP contribution in [0, 0.1) is 0 Å². The van der Waals surface area contributed by atoms with Gasteiger partial charge in [-0.2, -0.15) is 0 Å². The van der Waals surface area contributed by atoms with Crippen molar-refractivity contribution >= 4 is 5.97 Å². The molecular formula is C15H14O2. The summed E-state index contributed by atoms with van der Waals surface area (Å²) in [6, 6.07) is 17.7. The highest BCUT2D eigenvalue weighted by Gasteiger charge is 2.05. The number of rotatable bonds is 3. The zero-order valence-corrected chi connectivity index (χ0v) is 9.72. The molecule has 86 valence electrons. The summed E-state index contributed by atoms with van der Waals surface area (Å²) in [7, 11) is 0. The molecule has 17 heavy (non-hydrogen) atoms. The second-order valence-corrected chi connectivity index (χ2v) is 3.86. The zero-order chi connectivity index (χ0) is 12.1. The van der Waals surface area contributed by atoms with Gasteiger partial charge in [0.2, 0.25) is 0 Å². The Bertz CT molecular complexity index is 503.